The predicted molar refractivity (Wildman–Crippen MR) is 58.3 cm³/mol. The summed E-state index contributed by atoms with van der Waals surface area (Å²) in [5, 5.41) is 5.26. The van der Waals surface area contributed by atoms with Crippen LogP contribution in [0.3, 0.4) is 0 Å². The number of halogens is 1. The summed E-state index contributed by atoms with van der Waals surface area (Å²) >= 11 is 0. The highest BCUT2D eigenvalue weighted by Gasteiger charge is 2.13. The van der Waals surface area contributed by atoms with Crippen molar-refractivity contribution in [3.05, 3.63) is 30.1 Å². The molecule has 0 atom stereocenters. The number of urea groups is 1. The second kappa shape index (κ2) is 4.29. The number of amides is 2. The molecule has 0 aliphatic rings. The van der Waals surface area contributed by atoms with Gasteiger partial charge in [-0.05, 0) is 39.0 Å². The van der Waals surface area contributed by atoms with Crippen molar-refractivity contribution >= 4 is 11.7 Å². The number of hydrogen-bond acceptors (Lipinski definition) is 1. The lowest BCUT2D eigenvalue weighted by Gasteiger charge is -2.20. The Morgan fingerprint density at radius 1 is 1.33 bits per heavy atom. The number of benzene rings is 1. The van der Waals surface area contributed by atoms with Crippen molar-refractivity contribution in [2.24, 2.45) is 0 Å². The lowest BCUT2D eigenvalue weighted by Crippen LogP contribution is -2.43. The van der Waals surface area contributed by atoms with Crippen molar-refractivity contribution in [3.8, 4) is 0 Å². The van der Waals surface area contributed by atoms with Gasteiger partial charge in [-0.3, -0.25) is 0 Å². The third-order valence-electron chi connectivity index (χ3n) is 1.57. The highest BCUT2D eigenvalue weighted by molar-refractivity contribution is 5.89. The summed E-state index contributed by atoms with van der Waals surface area (Å²) in [5.74, 6) is -0.372. The third kappa shape index (κ3) is 4.44. The van der Waals surface area contributed by atoms with E-state index in [1.807, 2.05) is 20.8 Å². The summed E-state index contributed by atoms with van der Waals surface area (Å²) in [7, 11) is 0. The van der Waals surface area contributed by atoms with Crippen LogP contribution in [0.15, 0.2) is 24.3 Å². The van der Waals surface area contributed by atoms with E-state index in [9.17, 15) is 9.18 Å². The standard InChI is InChI=1S/C11H15FN2O/c1-11(2,3)14-10(15)13-9-6-4-5-8(12)7-9/h4-7H,1-3H3,(H2,13,14,15). The van der Waals surface area contributed by atoms with Gasteiger partial charge in [-0.15, -0.1) is 0 Å². The molecule has 0 fully saturated rings. The van der Waals surface area contributed by atoms with E-state index in [0.29, 0.717) is 5.69 Å². The first kappa shape index (κ1) is 11.5. The number of hydrogen-bond donors (Lipinski definition) is 2. The van der Waals surface area contributed by atoms with Crippen LogP contribution in [0.1, 0.15) is 20.8 Å². The number of carbonyl (C=O) groups is 1. The Morgan fingerprint density at radius 3 is 2.53 bits per heavy atom. The highest BCUT2D eigenvalue weighted by atomic mass is 19.1. The predicted octanol–water partition coefficient (Wildman–Crippen LogP) is 2.75. The molecule has 0 bridgehead atoms. The molecule has 0 spiro atoms. The van der Waals surface area contributed by atoms with Gasteiger partial charge < -0.3 is 10.6 Å². The molecule has 0 saturated carbocycles. The van der Waals surface area contributed by atoms with Crippen LogP contribution >= 0.6 is 0 Å². The van der Waals surface area contributed by atoms with E-state index >= 15 is 0 Å². The quantitative estimate of drug-likeness (QED) is 0.735. The van der Waals surface area contributed by atoms with Crippen LogP contribution in [0.5, 0.6) is 0 Å². The first-order valence-corrected chi connectivity index (χ1v) is 4.71. The number of nitrogens with one attached hydrogen (secondary N) is 2. The fourth-order valence-electron chi connectivity index (χ4n) is 1.07. The van der Waals surface area contributed by atoms with E-state index in [1.165, 1.54) is 12.1 Å². The maximum atomic E-state index is 12.8. The van der Waals surface area contributed by atoms with E-state index in [4.69, 9.17) is 0 Å². The maximum Gasteiger partial charge on any atom is 0.319 e. The SMILES string of the molecule is CC(C)(C)NC(=O)Nc1cccc(F)c1. The molecule has 0 aliphatic heterocycles. The molecule has 0 aromatic heterocycles. The zero-order valence-electron chi connectivity index (χ0n) is 9.10. The van der Waals surface area contributed by atoms with Crippen molar-refractivity contribution in [1.82, 2.24) is 5.32 Å². The molecular weight excluding hydrogens is 195 g/mol. The number of rotatable bonds is 1. The molecule has 2 amide bonds. The van der Waals surface area contributed by atoms with Crippen LogP contribution in [0, 0.1) is 5.82 Å². The molecule has 1 aromatic carbocycles. The molecule has 3 nitrogen and oxygen atoms in total. The molecule has 82 valence electrons. The molecule has 4 heteroatoms. The molecule has 2 N–H and O–H groups in total. The molecule has 0 heterocycles. The second-order valence-corrected chi connectivity index (χ2v) is 4.34. The maximum absolute atomic E-state index is 12.8. The van der Waals surface area contributed by atoms with Gasteiger partial charge in [-0.25, -0.2) is 9.18 Å². The Bertz CT molecular complexity index is 358. The minimum Gasteiger partial charge on any atom is -0.333 e. The Hall–Kier alpha value is -1.58. The van der Waals surface area contributed by atoms with E-state index in [1.54, 1.807) is 12.1 Å². The lowest BCUT2D eigenvalue weighted by atomic mass is 10.1. The highest BCUT2D eigenvalue weighted by Crippen LogP contribution is 2.09. The summed E-state index contributed by atoms with van der Waals surface area (Å²) < 4.78 is 12.8. The Labute approximate surface area is 88.7 Å². The summed E-state index contributed by atoms with van der Waals surface area (Å²) in [6.45, 7) is 5.62. The van der Waals surface area contributed by atoms with Crippen LogP contribution in [0.4, 0.5) is 14.9 Å². The molecule has 15 heavy (non-hydrogen) atoms. The van der Waals surface area contributed by atoms with Gasteiger partial charge in [-0.2, -0.15) is 0 Å². The van der Waals surface area contributed by atoms with Crippen LogP contribution in [0.25, 0.3) is 0 Å². The zero-order valence-corrected chi connectivity index (χ0v) is 9.10. The Kier molecular flexibility index (Phi) is 3.29. The number of anilines is 1. The largest absolute Gasteiger partial charge is 0.333 e. The van der Waals surface area contributed by atoms with Crippen molar-refractivity contribution < 1.29 is 9.18 Å². The minimum absolute atomic E-state index is 0.308. The van der Waals surface area contributed by atoms with Gasteiger partial charge in [0.2, 0.25) is 0 Å². The monoisotopic (exact) mass is 210 g/mol. The van der Waals surface area contributed by atoms with E-state index in [-0.39, 0.29) is 17.4 Å². The van der Waals surface area contributed by atoms with Gasteiger partial charge in [0.05, 0.1) is 0 Å². The molecule has 1 rings (SSSR count). The normalized spacial score (nSPS) is 10.9. The third-order valence-corrected chi connectivity index (χ3v) is 1.57. The van der Waals surface area contributed by atoms with Gasteiger partial charge >= 0.3 is 6.03 Å². The van der Waals surface area contributed by atoms with Crippen molar-refractivity contribution in [3.63, 3.8) is 0 Å². The molecular formula is C11H15FN2O. The molecule has 0 radical (unpaired) electrons. The van der Waals surface area contributed by atoms with Gasteiger partial charge in [0.1, 0.15) is 5.82 Å². The van der Waals surface area contributed by atoms with Crippen LogP contribution < -0.4 is 10.6 Å². The first-order chi connectivity index (χ1) is 6.87. The first-order valence-electron chi connectivity index (χ1n) is 4.71. The van der Waals surface area contributed by atoms with Crippen molar-refractivity contribution in [1.29, 1.82) is 0 Å². The minimum atomic E-state index is -0.372. The topological polar surface area (TPSA) is 41.1 Å². The van der Waals surface area contributed by atoms with Crippen LogP contribution in [-0.2, 0) is 0 Å². The van der Waals surface area contributed by atoms with E-state index < -0.39 is 0 Å². The lowest BCUT2D eigenvalue weighted by molar-refractivity contribution is 0.244. The second-order valence-electron chi connectivity index (χ2n) is 4.34. The van der Waals surface area contributed by atoms with Crippen LogP contribution in [-0.4, -0.2) is 11.6 Å². The summed E-state index contributed by atoms with van der Waals surface area (Å²) in [6.07, 6.45) is 0. The average Bonchev–Trinajstić information content (AvgIpc) is 1.99. The fourth-order valence-corrected chi connectivity index (χ4v) is 1.07. The summed E-state index contributed by atoms with van der Waals surface area (Å²) in [4.78, 5) is 11.4. The van der Waals surface area contributed by atoms with Gasteiger partial charge in [0, 0.05) is 11.2 Å². The van der Waals surface area contributed by atoms with Crippen molar-refractivity contribution in [2.75, 3.05) is 5.32 Å². The summed E-state index contributed by atoms with van der Waals surface area (Å²) in [5.41, 5.74) is 0.133. The molecule has 0 unspecified atom stereocenters. The molecule has 0 aliphatic carbocycles. The summed E-state index contributed by atoms with van der Waals surface area (Å²) in [6, 6.07) is 5.43. The van der Waals surface area contributed by atoms with Gasteiger partial charge in [-0.1, -0.05) is 6.07 Å². The van der Waals surface area contributed by atoms with Gasteiger partial charge in [0.25, 0.3) is 0 Å². The zero-order chi connectivity index (χ0) is 11.5. The van der Waals surface area contributed by atoms with Crippen LogP contribution in [0.2, 0.25) is 0 Å². The number of carbonyl (C=O) groups excluding carboxylic acids is 1. The Balaban J connectivity index is 2.59. The molecule has 1 aromatic rings. The fraction of sp³-hybridized carbons (Fsp3) is 0.364. The Morgan fingerprint density at radius 2 is 2.00 bits per heavy atom. The molecule has 0 saturated heterocycles. The smallest absolute Gasteiger partial charge is 0.319 e. The average molecular weight is 210 g/mol. The van der Waals surface area contributed by atoms with E-state index in [0.717, 1.165) is 0 Å². The van der Waals surface area contributed by atoms with Crippen molar-refractivity contribution in [2.45, 2.75) is 26.3 Å². The van der Waals surface area contributed by atoms with E-state index in [2.05, 4.69) is 10.6 Å². The van der Waals surface area contributed by atoms with Gasteiger partial charge in [0.15, 0.2) is 0 Å².